The van der Waals surface area contributed by atoms with Crippen LogP contribution in [0.1, 0.15) is 38.8 Å². The monoisotopic (exact) mass is 262 g/mol. The summed E-state index contributed by atoms with van der Waals surface area (Å²) in [6, 6.07) is 8.41. The van der Waals surface area contributed by atoms with Crippen LogP contribution < -0.4 is 5.32 Å². The first-order valence-corrected chi connectivity index (χ1v) is 6.95. The Morgan fingerprint density at radius 3 is 2.53 bits per heavy atom. The first kappa shape index (κ1) is 15.5. The molecule has 0 unspecified atom stereocenters. The quantitative estimate of drug-likeness (QED) is 0.886. The number of nitrogens with one attached hydrogen (secondary N) is 1. The lowest BCUT2D eigenvalue weighted by Gasteiger charge is -2.34. The highest BCUT2D eigenvalue weighted by Gasteiger charge is 2.24. The molecule has 0 aromatic heterocycles. The highest BCUT2D eigenvalue weighted by Crippen LogP contribution is 2.12. The first-order chi connectivity index (χ1) is 8.84. The van der Waals surface area contributed by atoms with Gasteiger partial charge >= 0.3 is 6.03 Å². The van der Waals surface area contributed by atoms with E-state index in [1.807, 2.05) is 11.8 Å². The molecule has 0 aliphatic heterocycles. The summed E-state index contributed by atoms with van der Waals surface area (Å²) in [5.41, 5.74) is 2.38. The summed E-state index contributed by atoms with van der Waals surface area (Å²) >= 11 is 0. The molecule has 19 heavy (non-hydrogen) atoms. The van der Waals surface area contributed by atoms with Crippen molar-refractivity contribution < 1.29 is 4.79 Å². The van der Waals surface area contributed by atoms with Crippen LogP contribution in [0.25, 0.3) is 0 Å². The number of carbonyl (C=O) groups is 1. The predicted octanol–water partition coefficient (Wildman–Crippen LogP) is 3.37. The molecule has 0 atom stereocenters. The molecule has 106 valence electrons. The minimum Gasteiger partial charge on any atom is -0.338 e. The van der Waals surface area contributed by atoms with Gasteiger partial charge in [-0.1, -0.05) is 29.8 Å². The van der Waals surface area contributed by atoms with Crippen molar-refractivity contribution in [2.24, 2.45) is 0 Å². The van der Waals surface area contributed by atoms with E-state index >= 15 is 0 Å². The average molecular weight is 262 g/mol. The third kappa shape index (κ3) is 4.93. The molecule has 3 heteroatoms. The number of urea groups is 1. The largest absolute Gasteiger partial charge is 0.338 e. The zero-order valence-electron chi connectivity index (χ0n) is 12.8. The number of aryl methyl sites for hydroxylation is 1. The van der Waals surface area contributed by atoms with Crippen LogP contribution in [0.15, 0.2) is 24.3 Å². The summed E-state index contributed by atoms with van der Waals surface area (Å²) in [5, 5.41) is 3.00. The lowest BCUT2D eigenvalue weighted by molar-refractivity contribution is 0.150. The van der Waals surface area contributed by atoms with Crippen molar-refractivity contribution in [1.29, 1.82) is 0 Å². The Hall–Kier alpha value is -1.51. The second-order valence-electron chi connectivity index (χ2n) is 5.89. The van der Waals surface area contributed by atoms with Crippen LogP contribution in [0.4, 0.5) is 4.79 Å². The molecule has 1 aromatic carbocycles. The Morgan fingerprint density at radius 2 is 2.00 bits per heavy atom. The van der Waals surface area contributed by atoms with Gasteiger partial charge in [-0.2, -0.15) is 0 Å². The van der Waals surface area contributed by atoms with Gasteiger partial charge in [0.05, 0.1) is 0 Å². The topological polar surface area (TPSA) is 32.3 Å². The summed E-state index contributed by atoms with van der Waals surface area (Å²) in [5.74, 6) is 0. The molecule has 1 rings (SSSR count). The number of hydrogen-bond donors (Lipinski definition) is 1. The van der Waals surface area contributed by atoms with Crippen molar-refractivity contribution in [3.05, 3.63) is 35.4 Å². The van der Waals surface area contributed by atoms with Crippen molar-refractivity contribution in [2.75, 3.05) is 13.1 Å². The van der Waals surface area contributed by atoms with Crippen molar-refractivity contribution in [3.63, 3.8) is 0 Å². The molecule has 0 spiro atoms. The van der Waals surface area contributed by atoms with E-state index in [4.69, 9.17) is 0 Å². The Kier molecular flexibility index (Phi) is 5.40. The molecule has 2 amide bonds. The standard InChI is InChI=1S/C16H26N2O/c1-6-18(16(3,4)5)15(19)17-11-10-14-9-7-8-13(2)12-14/h7-9,12H,6,10-11H2,1-5H3,(H,17,19). The van der Waals surface area contributed by atoms with Crippen molar-refractivity contribution in [2.45, 2.75) is 46.6 Å². The Balaban J connectivity index is 2.46. The third-order valence-corrected chi connectivity index (χ3v) is 3.14. The summed E-state index contributed by atoms with van der Waals surface area (Å²) in [6.45, 7) is 11.6. The van der Waals surface area contributed by atoms with Gasteiger partial charge in [0.25, 0.3) is 0 Å². The number of rotatable bonds is 4. The van der Waals surface area contributed by atoms with Crippen molar-refractivity contribution >= 4 is 6.03 Å². The second-order valence-corrected chi connectivity index (χ2v) is 5.89. The Labute approximate surface area is 117 Å². The number of nitrogens with zero attached hydrogens (tertiary/aromatic N) is 1. The summed E-state index contributed by atoms with van der Waals surface area (Å²) in [6.07, 6.45) is 0.870. The van der Waals surface area contributed by atoms with Crippen LogP contribution in [0.5, 0.6) is 0 Å². The molecular weight excluding hydrogens is 236 g/mol. The molecule has 0 aliphatic carbocycles. The molecule has 0 saturated carbocycles. The predicted molar refractivity (Wildman–Crippen MR) is 80.4 cm³/mol. The van der Waals surface area contributed by atoms with E-state index in [0.717, 1.165) is 13.0 Å². The van der Waals surface area contributed by atoms with Crippen LogP contribution in [-0.2, 0) is 6.42 Å². The van der Waals surface area contributed by atoms with Crippen LogP contribution in [0.3, 0.4) is 0 Å². The normalized spacial score (nSPS) is 11.2. The van der Waals surface area contributed by atoms with Gasteiger partial charge in [0, 0.05) is 18.6 Å². The number of carbonyl (C=O) groups excluding carboxylic acids is 1. The average Bonchev–Trinajstić information content (AvgIpc) is 2.28. The van der Waals surface area contributed by atoms with E-state index in [-0.39, 0.29) is 11.6 Å². The summed E-state index contributed by atoms with van der Waals surface area (Å²) < 4.78 is 0. The van der Waals surface area contributed by atoms with Gasteiger partial charge in [-0.15, -0.1) is 0 Å². The maximum atomic E-state index is 12.1. The van der Waals surface area contributed by atoms with Gasteiger partial charge in [0.1, 0.15) is 0 Å². The van der Waals surface area contributed by atoms with Gasteiger partial charge in [0.15, 0.2) is 0 Å². The summed E-state index contributed by atoms with van der Waals surface area (Å²) in [4.78, 5) is 13.9. The number of hydrogen-bond acceptors (Lipinski definition) is 1. The molecule has 0 fully saturated rings. The minimum atomic E-state index is -0.137. The molecule has 0 saturated heterocycles. The highest BCUT2D eigenvalue weighted by molar-refractivity contribution is 5.74. The van der Waals surface area contributed by atoms with Gasteiger partial charge < -0.3 is 10.2 Å². The molecule has 0 bridgehead atoms. The summed E-state index contributed by atoms with van der Waals surface area (Å²) in [7, 11) is 0. The van der Waals surface area contributed by atoms with E-state index in [1.54, 1.807) is 0 Å². The van der Waals surface area contributed by atoms with Gasteiger partial charge in [-0.3, -0.25) is 0 Å². The second kappa shape index (κ2) is 6.60. The van der Waals surface area contributed by atoms with Crippen molar-refractivity contribution in [1.82, 2.24) is 10.2 Å². The fraction of sp³-hybridized carbons (Fsp3) is 0.562. The van der Waals surface area contributed by atoms with E-state index in [2.05, 4.69) is 57.3 Å². The molecule has 0 heterocycles. The first-order valence-electron chi connectivity index (χ1n) is 6.95. The maximum Gasteiger partial charge on any atom is 0.317 e. The van der Waals surface area contributed by atoms with E-state index < -0.39 is 0 Å². The van der Waals surface area contributed by atoms with Crippen molar-refractivity contribution in [3.8, 4) is 0 Å². The van der Waals surface area contributed by atoms with Crippen LogP contribution in [0, 0.1) is 6.92 Å². The Morgan fingerprint density at radius 1 is 1.32 bits per heavy atom. The fourth-order valence-electron chi connectivity index (χ4n) is 2.20. The molecule has 1 aromatic rings. The zero-order valence-corrected chi connectivity index (χ0v) is 12.8. The minimum absolute atomic E-state index is 0.0163. The lowest BCUT2D eigenvalue weighted by atomic mass is 10.1. The molecule has 0 aliphatic rings. The van der Waals surface area contributed by atoms with E-state index in [0.29, 0.717) is 6.54 Å². The maximum absolute atomic E-state index is 12.1. The number of amides is 2. The smallest absolute Gasteiger partial charge is 0.317 e. The van der Waals surface area contributed by atoms with Gasteiger partial charge in [0.2, 0.25) is 0 Å². The van der Waals surface area contributed by atoms with Crippen LogP contribution in [0.2, 0.25) is 0 Å². The highest BCUT2D eigenvalue weighted by atomic mass is 16.2. The zero-order chi connectivity index (χ0) is 14.5. The Bertz CT molecular complexity index is 421. The van der Waals surface area contributed by atoms with E-state index in [1.165, 1.54) is 11.1 Å². The molecule has 1 N–H and O–H groups in total. The van der Waals surface area contributed by atoms with Crippen LogP contribution >= 0.6 is 0 Å². The van der Waals surface area contributed by atoms with Gasteiger partial charge in [-0.05, 0) is 46.6 Å². The van der Waals surface area contributed by atoms with Gasteiger partial charge in [-0.25, -0.2) is 4.79 Å². The molecule has 0 radical (unpaired) electrons. The molecular formula is C16H26N2O. The third-order valence-electron chi connectivity index (χ3n) is 3.14. The molecule has 3 nitrogen and oxygen atoms in total. The lowest BCUT2D eigenvalue weighted by Crippen LogP contribution is -2.50. The fourth-order valence-corrected chi connectivity index (χ4v) is 2.20. The number of benzene rings is 1. The SMILES string of the molecule is CCN(C(=O)NCCc1cccc(C)c1)C(C)(C)C. The van der Waals surface area contributed by atoms with E-state index in [9.17, 15) is 4.79 Å². The van der Waals surface area contributed by atoms with Crippen LogP contribution in [-0.4, -0.2) is 29.6 Å².